The van der Waals surface area contributed by atoms with Gasteiger partial charge >= 0.3 is 6.18 Å². The number of amides is 1. The number of nitrogens with zero attached hydrogens (tertiary/aromatic N) is 1. The summed E-state index contributed by atoms with van der Waals surface area (Å²) in [7, 11) is 0. The van der Waals surface area contributed by atoms with Crippen molar-refractivity contribution in [1.29, 1.82) is 0 Å². The first-order valence-electron chi connectivity index (χ1n) is 8.56. The highest BCUT2D eigenvalue weighted by Gasteiger charge is 2.30. The number of nitrogens with one attached hydrogen (secondary N) is 1. The quantitative estimate of drug-likeness (QED) is 0.442. The highest BCUT2D eigenvalue weighted by Crippen LogP contribution is 2.30. The summed E-state index contributed by atoms with van der Waals surface area (Å²) in [6.07, 6.45) is -4.47. The summed E-state index contributed by atoms with van der Waals surface area (Å²) in [6.45, 7) is 3.51. The van der Waals surface area contributed by atoms with Crippen LogP contribution in [-0.4, -0.2) is 16.3 Å². The molecule has 0 spiro atoms. The summed E-state index contributed by atoms with van der Waals surface area (Å²) in [4.78, 5) is 25.0. The van der Waals surface area contributed by atoms with Crippen LogP contribution in [0.1, 0.15) is 27.3 Å². The predicted molar refractivity (Wildman–Crippen MR) is 105 cm³/mol. The zero-order chi connectivity index (χ0) is 21.3. The molecule has 0 aliphatic rings. The smallest absolute Gasteiger partial charge is 0.319 e. The van der Waals surface area contributed by atoms with Gasteiger partial charge in [-0.15, -0.1) is 0 Å². The van der Waals surface area contributed by atoms with Gasteiger partial charge in [0.25, 0.3) is 11.7 Å². The number of alkyl halides is 3. The molecule has 8 heteroatoms. The number of rotatable bonds is 4. The van der Waals surface area contributed by atoms with E-state index < -0.39 is 23.4 Å². The molecule has 0 bridgehead atoms. The number of anilines is 1. The van der Waals surface area contributed by atoms with Crippen molar-refractivity contribution < 1.29 is 22.8 Å². The van der Waals surface area contributed by atoms with Gasteiger partial charge in [-0.1, -0.05) is 11.6 Å². The summed E-state index contributed by atoms with van der Waals surface area (Å²) in [5, 5.41) is 2.91. The van der Waals surface area contributed by atoms with Crippen LogP contribution in [0.4, 0.5) is 18.9 Å². The van der Waals surface area contributed by atoms with Crippen LogP contribution in [0.2, 0.25) is 5.02 Å². The average Bonchev–Trinajstić information content (AvgIpc) is 2.96. The van der Waals surface area contributed by atoms with Crippen LogP contribution < -0.4 is 5.32 Å². The largest absolute Gasteiger partial charge is 0.416 e. The predicted octanol–water partition coefficient (Wildman–Crippen LogP) is 5.59. The van der Waals surface area contributed by atoms with Crippen molar-refractivity contribution in [3.05, 3.63) is 82.1 Å². The molecule has 0 saturated carbocycles. The Morgan fingerprint density at radius 3 is 2.10 bits per heavy atom. The van der Waals surface area contributed by atoms with Gasteiger partial charge in [0.2, 0.25) is 0 Å². The van der Waals surface area contributed by atoms with Gasteiger partial charge in [0.05, 0.1) is 5.56 Å². The minimum Gasteiger partial charge on any atom is -0.319 e. The monoisotopic (exact) mass is 420 g/mol. The van der Waals surface area contributed by atoms with Gasteiger partial charge in [0.1, 0.15) is 0 Å². The molecule has 0 atom stereocenters. The molecule has 1 N–H and O–H groups in total. The van der Waals surface area contributed by atoms with E-state index >= 15 is 0 Å². The highest BCUT2D eigenvalue weighted by molar-refractivity contribution is 6.46. The van der Waals surface area contributed by atoms with Crippen molar-refractivity contribution in [2.24, 2.45) is 0 Å². The van der Waals surface area contributed by atoms with Gasteiger partial charge in [0, 0.05) is 33.3 Å². The first-order chi connectivity index (χ1) is 13.6. The van der Waals surface area contributed by atoms with Crippen molar-refractivity contribution >= 4 is 29.0 Å². The second kappa shape index (κ2) is 7.75. The number of aromatic nitrogens is 1. The fourth-order valence-electron chi connectivity index (χ4n) is 3.03. The van der Waals surface area contributed by atoms with E-state index in [4.69, 9.17) is 11.6 Å². The van der Waals surface area contributed by atoms with Gasteiger partial charge < -0.3 is 9.88 Å². The third-order valence-corrected chi connectivity index (χ3v) is 4.69. The van der Waals surface area contributed by atoms with Crippen molar-refractivity contribution in [3.8, 4) is 5.69 Å². The molecule has 1 heterocycles. The SMILES string of the molecule is Cc1cc(C(=O)C(=O)Nc2ccc(C(F)(F)F)cc2)c(C)n1-c1ccc(Cl)cc1. The molecule has 150 valence electrons. The fourth-order valence-corrected chi connectivity index (χ4v) is 3.16. The van der Waals surface area contributed by atoms with Gasteiger partial charge in [-0.05, 0) is 68.4 Å². The molecule has 0 aliphatic heterocycles. The number of carbonyl (C=O) groups is 2. The van der Waals surface area contributed by atoms with Crippen molar-refractivity contribution in [2.45, 2.75) is 20.0 Å². The molecule has 0 radical (unpaired) electrons. The molecule has 1 amide bonds. The van der Waals surface area contributed by atoms with E-state index in [1.165, 1.54) is 0 Å². The Labute approximate surface area is 169 Å². The zero-order valence-corrected chi connectivity index (χ0v) is 16.2. The van der Waals surface area contributed by atoms with Gasteiger partial charge in [-0.2, -0.15) is 13.2 Å². The standard InChI is InChI=1S/C21H16ClF3N2O2/c1-12-11-18(13(2)27(12)17-9-5-15(22)6-10-17)19(28)20(29)26-16-7-3-14(4-8-16)21(23,24)25/h3-11H,1-2H3,(H,26,29). The number of ketones is 1. The molecule has 0 aliphatic carbocycles. The van der Waals surface area contributed by atoms with Crippen LogP contribution in [0.25, 0.3) is 5.69 Å². The van der Waals surface area contributed by atoms with E-state index in [-0.39, 0.29) is 11.3 Å². The van der Waals surface area contributed by atoms with E-state index in [0.717, 1.165) is 35.6 Å². The van der Waals surface area contributed by atoms with Gasteiger partial charge in [0.15, 0.2) is 0 Å². The van der Waals surface area contributed by atoms with Crippen LogP contribution in [0.3, 0.4) is 0 Å². The van der Waals surface area contributed by atoms with E-state index in [1.807, 2.05) is 4.57 Å². The minimum atomic E-state index is -4.47. The summed E-state index contributed by atoms with van der Waals surface area (Å²) in [6, 6.07) is 12.5. The molecular formula is C21H16ClF3N2O2. The minimum absolute atomic E-state index is 0.0999. The summed E-state index contributed by atoms with van der Waals surface area (Å²) in [5.74, 6) is -1.71. The van der Waals surface area contributed by atoms with Gasteiger partial charge in [-0.25, -0.2) is 0 Å². The lowest BCUT2D eigenvalue weighted by Crippen LogP contribution is -2.23. The van der Waals surface area contributed by atoms with Gasteiger partial charge in [-0.3, -0.25) is 9.59 Å². The van der Waals surface area contributed by atoms with Crippen LogP contribution in [0.15, 0.2) is 54.6 Å². The highest BCUT2D eigenvalue weighted by atomic mass is 35.5. The zero-order valence-electron chi connectivity index (χ0n) is 15.5. The second-order valence-electron chi connectivity index (χ2n) is 6.45. The Hall–Kier alpha value is -3.06. The number of benzene rings is 2. The summed E-state index contributed by atoms with van der Waals surface area (Å²) < 4.78 is 39.7. The second-order valence-corrected chi connectivity index (χ2v) is 6.89. The number of hydrogen-bond donors (Lipinski definition) is 1. The molecule has 4 nitrogen and oxygen atoms in total. The lowest BCUT2D eigenvalue weighted by atomic mass is 10.1. The first kappa shape index (κ1) is 20.7. The van der Waals surface area contributed by atoms with E-state index in [9.17, 15) is 22.8 Å². The number of Topliss-reactive ketones (excluding diaryl/α,β-unsaturated/α-hetero) is 1. The van der Waals surface area contributed by atoms with Crippen molar-refractivity contribution in [3.63, 3.8) is 0 Å². The van der Waals surface area contributed by atoms with Crippen LogP contribution in [-0.2, 0) is 11.0 Å². The maximum atomic E-state index is 12.6. The molecular weight excluding hydrogens is 405 g/mol. The number of aryl methyl sites for hydroxylation is 1. The Kier molecular flexibility index (Phi) is 5.53. The van der Waals surface area contributed by atoms with Crippen LogP contribution in [0.5, 0.6) is 0 Å². The van der Waals surface area contributed by atoms with Crippen LogP contribution >= 0.6 is 11.6 Å². The number of carbonyl (C=O) groups excluding carboxylic acids is 2. The molecule has 1 aromatic heterocycles. The van der Waals surface area contributed by atoms with E-state index in [2.05, 4.69) is 5.32 Å². The maximum Gasteiger partial charge on any atom is 0.416 e. The molecule has 3 rings (SSSR count). The summed E-state index contributed by atoms with van der Waals surface area (Å²) in [5.41, 5.74) is 1.57. The molecule has 29 heavy (non-hydrogen) atoms. The first-order valence-corrected chi connectivity index (χ1v) is 8.93. The molecule has 0 unspecified atom stereocenters. The van der Waals surface area contributed by atoms with Crippen LogP contribution in [0, 0.1) is 13.8 Å². The fraction of sp³-hybridized carbons (Fsp3) is 0.143. The maximum absolute atomic E-state index is 12.6. The molecule has 3 aromatic rings. The molecule has 2 aromatic carbocycles. The Morgan fingerprint density at radius 1 is 0.966 bits per heavy atom. The van der Waals surface area contributed by atoms with E-state index in [0.29, 0.717) is 10.7 Å². The van der Waals surface area contributed by atoms with Crippen molar-refractivity contribution in [1.82, 2.24) is 4.57 Å². The Morgan fingerprint density at radius 2 is 1.55 bits per heavy atom. The Balaban J connectivity index is 1.82. The Bertz CT molecular complexity index is 1070. The lowest BCUT2D eigenvalue weighted by Gasteiger charge is -2.10. The molecule has 0 fully saturated rings. The topological polar surface area (TPSA) is 51.1 Å². The third-order valence-electron chi connectivity index (χ3n) is 4.44. The normalized spacial score (nSPS) is 11.4. The summed E-state index contributed by atoms with van der Waals surface area (Å²) >= 11 is 5.91. The average molecular weight is 421 g/mol. The lowest BCUT2D eigenvalue weighted by molar-refractivity contribution is -0.137. The number of hydrogen-bond acceptors (Lipinski definition) is 2. The van der Waals surface area contributed by atoms with E-state index in [1.54, 1.807) is 44.2 Å². The molecule has 0 saturated heterocycles. The number of halogens is 4. The third kappa shape index (κ3) is 4.35. The van der Waals surface area contributed by atoms with Crippen molar-refractivity contribution in [2.75, 3.05) is 5.32 Å².